The van der Waals surface area contributed by atoms with Crippen LogP contribution in [0.5, 0.6) is 0 Å². The zero-order valence-electron chi connectivity index (χ0n) is 15.1. The van der Waals surface area contributed by atoms with Crippen LogP contribution in [0.2, 0.25) is 0 Å². The fraction of sp³-hybridized carbons (Fsp3) is 0.381. The number of nitrogens with zero attached hydrogens (tertiary/aromatic N) is 1. The van der Waals surface area contributed by atoms with E-state index in [1.165, 1.54) is 5.56 Å². The van der Waals surface area contributed by atoms with Gasteiger partial charge in [0.25, 0.3) is 0 Å². The van der Waals surface area contributed by atoms with E-state index in [0.29, 0.717) is 0 Å². The molecule has 1 aliphatic rings. The lowest BCUT2D eigenvalue weighted by atomic mass is 9.87. The summed E-state index contributed by atoms with van der Waals surface area (Å²) >= 11 is 0. The molecular weight excluding hydrogens is 312 g/mol. The average molecular weight is 338 g/mol. The number of carbonyl (C=O) groups excluding carboxylic acids is 1. The highest BCUT2D eigenvalue weighted by molar-refractivity contribution is 5.79. The molecule has 0 atom stereocenters. The number of rotatable bonds is 5. The number of amides is 1. The minimum Gasteiger partial charge on any atom is -0.356 e. The maximum atomic E-state index is 11.8. The van der Waals surface area contributed by atoms with Crippen LogP contribution in [0.4, 0.5) is 11.4 Å². The summed E-state index contributed by atoms with van der Waals surface area (Å²) < 4.78 is 0. The molecule has 3 rings (SSSR count). The molecule has 25 heavy (non-hydrogen) atoms. The molecule has 0 saturated heterocycles. The van der Waals surface area contributed by atoms with E-state index >= 15 is 0 Å². The fourth-order valence-corrected chi connectivity index (χ4v) is 2.71. The first-order valence-electron chi connectivity index (χ1n) is 8.80. The van der Waals surface area contributed by atoms with Crippen molar-refractivity contribution < 1.29 is 10.0 Å². The summed E-state index contributed by atoms with van der Waals surface area (Å²) in [5.74, 6) is -0.136. The van der Waals surface area contributed by atoms with Gasteiger partial charge in [0.2, 0.25) is 5.91 Å². The van der Waals surface area contributed by atoms with E-state index in [2.05, 4.69) is 50.4 Å². The van der Waals surface area contributed by atoms with Crippen molar-refractivity contribution in [3.05, 3.63) is 59.7 Å². The van der Waals surface area contributed by atoms with Crippen molar-refractivity contribution in [2.75, 3.05) is 5.32 Å². The highest BCUT2D eigenvalue weighted by Gasteiger charge is 2.33. The van der Waals surface area contributed by atoms with Crippen molar-refractivity contribution in [3.8, 4) is 0 Å². The minimum absolute atomic E-state index is 0.0296. The Morgan fingerprint density at radius 3 is 2.04 bits per heavy atom. The molecule has 132 valence electrons. The van der Waals surface area contributed by atoms with Crippen LogP contribution in [0.15, 0.2) is 48.5 Å². The van der Waals surface area contributed by atoms with Gasteiger partial charge in [-0.3, -0.25) is 10.0 Å². The molecular formula is C21H26N2O2. The average Bonchev–Trinajstić information content (AvgIpc) is 3.40. The molecule has 4 heteroatoms. The lowest BCUT2D eigenvalue weighted by Gasteiger charge is -2.19. The molecule has 1 aliphatic carbocycles. The second kappa shape index (κ2) is 6.89. The molecule has 4 nitrogen and oxygen atoms in total. The normalized spacial score (nSPS) is 14.2. The van der Waals surface area contributed by atoms with E-state index in [1.807, 2.05) is 24.3 Å². The first kappa shape index (κ1) is 17.5. The Hall–Kier alpha value is -2.33. The van der Waals surface area contributed by atoms with Crippen LogP contribution < -0.4 is 5.32 Å². The number of hydrogen-bond donors (Lipinski definition) is 2. The van der Waals surface area contributed by atoms with Crippen LogP contribution in [0.3, 0.4) is 0 Å². The van der Waals surface area contributed by atoms with E-state index in [0.717, 1.165) is 34.8 Å². The van der Waals surface area contributed by atoms with Gasteiger partial charge < -0.3 is 5.32 Å². The molecule has 1 amide bonds. The predicted molar refractivity (Wildman–Crippen MR) is 99.9 cm³/mol. The topological polar surface area (TPSA) is 52.6 Å². The summed E-state index contributed by atoms with van der Waals surface area (Å²) in [5, 5.41) is 14.1. The molecule has 2 N–H and O–H groups in total. The Balaban J connectivity index is 1.59. The Bertz CT molecular complexity index is 726. The molecule has 0 unspecified atom stereocenters. The lowest BCUT2D eigenvalue weighted by Crippen LogP contribution is -2.28. The van der Waals surface area contributed by atoms with Crippen LogP contribution >= 0.6 is 0 Å². The second-order valence-electron chi connectivity index (χ2n) is 7.82. The maximum absolute atomic E-state index is 11.8. The smallest absolute Gasteiger partial charge is 0.249 e. The third-order valence-corrected chi connectivity index (χ3v) is 4.51. The van der Waals surface area contributed by atoms with Gasteiger partial charge >= 0.3 is 0 Å². The van der Waals surface area contributed by atoms with Crippen LogP contribution in [-0.4, -0.2) is 16.2 Å². The van der Waals surface area contributed by atoms with Crippen molar-refractivity contribution in [3.63, 3.8) is 0 Å². The number of anilines is 2. The lowest BCUT2D eigenvalue weighted by molar-refractivity contribution is -0.169. The molecule has 0 aliphatic heterocycles. The van der Waals surface area contributed by atoms with E-state index in [-0.39, 0.29) is 23.8 Å². The van der Waals surface area contributed by atoms with Crippen molar-refractivity contribution in [2.24, 2.45) is 5.92 Å². The van der Waals surface area contributed by atoms with Gasteiger partial charge in [-0.1, -0.05) is 45.0 Å². The van der Waals surface area contributed by atoms with E-state index in [4.69, 9.17) is 0 Å². The van der Waals surface area contributed by atoms with Gasteiger partial charge in [-0.25, -0.2) is 5.06 Å². The molecule has 2 aromatic carbocycles. The van der Waals surface area contributed by atoms with Gasteiger partial charge in [0.05, 0.1) is 6.54 Å². The van der Waals surface area contributed by atoms with Gasteiger partial charge in [0, 0.05) is 17.3 Å². The Morgan fingerprint density at radius 2 is 1.56 bits per heavy atom. The molecule has 0 spiro atoms. The summed E-state index contributed by atoms with van der Waals surface area (Å²) in [6.45, 7) is 6.83. The van der Waals surface area contributed by atoms with E-state index in [9.17, 15) is 10.0 Å². The molecule has 0 heterocycles. The van der Waals surface area contributed by atoms with E-state index < -0.39 is 0 Å². The van der Waals surface area contributed by atoms with Crippen LogP contribution in [0.25, 0.3) is 0 Å². The fourth-order valence-electron chi connectivity index (χ4n) is 2.71. The molecule has 0 radical (unpaired) electrons. The SMILES string of the molecule is CC(C)(C)c1ccc(Nc2ccc(CN(O)C(=O)C3CC3)cc2)cc1. The van der Waals surface area contributed by atoms with Gasteiger partial charge in [0.15, 0.2) is 0 Å². The zero-order chi connectivity index (χ0) is 18.0. The van der Waals surface area contributed by atoms with Gasteiger partial charge in [-0.05, 0) is 53.6 Å². The third kappa shape index (κ3) is 4.60. The molecule has 0 aromatic heterocycles. The molecule has 0 bridgehead atoms. The highest BCUT2D eigenvalue weighted by Crippen LogP contribution is 2.31. The van der Waals surface area contributed by atoms with Crippen molar-refractivity contribution in [2.45, 2.75) is 45.6 Å². The molecule has 1 fully saturated rings. The zero-order valence-corrected chi connectivity index (χ0v) is 15.1. The predicted octanol–water partition coefficient (Wildman–Crippen LogP) is 4.86. The summed E-state index contributed by atoms with van der Waals surface area (Å²) in [6.07, 6.45) is 1.79. The maximum Gasteiger partial charge on any atom is 0.249 e. The van der Waals surface area contributed by atoms with Gasteiger partial charge in [-0.15, -0.1) is 0 Å². The number of carbonyl (C=O) groups is 1. The number of hydroxylamine groups is 2. The van der Waals surface area contributed by atoms with Crippen LogP contribution in [0, 0.1) is 5.92 Å². The largest absolute Gasteiger partial charge is 0.356 e. The quantitative estimate of drug-likeness (QED) is 0.605. The molecule has 2 aromatic rings. The van der Waals surface area contributed by atoms with Crippen molar-refractivity contribution in [1.29, 1.82) is 0 Å². The Kier molecular flexibility index (Phi) is 4.82. The number of hydrogen-bond acceptors (Lipinski definition) is 3. The Morgan fingerprint density at radius 1 is 1.04 bits per heavy atom. The van der Waals surface area contributed by atoms with Gasteiger partial charge in [0.1, 0.15) is 0 Å². The van der Waals surface area contributed by atoms with Crippen LogP contribution in [0.1, 0.15) is 44.7 Å². The third-order valence-electron chi connectivity index (χ3n) is 4.51. The van der Waals surface area contributed by atoms with E-state index in [1.54, 1.807) is 0 Å². The monoisotopic (exact) mass is 338 g/mol. The minimum atomic E-state index is -0.166. The van der Waals surface area contributed by atoms with Crippen molar-refractivity contribution in [1.82, 2.24) is 5.06 Å². The summed E-state index contributed by atoms with van der Waals surface area (Å²) in [4.78, 5) is 11.8. The van der Waals surface area contributed by atoms with Crippen molar-refractivity contribution >= 4 is 17.3 Å². The van der Waals surface area contributed by atoms with Crippen LogP contribution in [-0.2, 0) is 16.8 Å². The summed E-state index contributed by atoms with van der Waals surface area (Å²) in [6, 6.07) is 16.2. The highest BCUT2D eigenvalue weighted by atomic mass is 16.5. The number of nitrogens with one attached hydrogen (secondary N) is 1. The first-order chi connectivity index (χ1) is 11.8. The number of benzene rings is 2. The standard InChI is InChI=1S/C21H26N2O2/c1-21(2,3)17-8-12-19(13-9-17)22-18-10-4-15(5-11-18)14-23(25)20(24)16-6-7-16/h4-5,8-13,16,22,25H,6-7,14H2,1-3H3. The second-order valence-corrected chi connectivity index (χ2v) is 7.82. The van der Waals surface area contributed by atoms with Gasteiger partial charge in [-0.2, -0.15) is 0 Å². The molecule has 1 saturated carbocycles. The Labute approximate surface area is 149 Å². The summed E-state index contributed by atoms with van der Waals surface area (Å²) in [7, 11) is 0. The summed E-state index contributed by atoms with van der Waals surface area (Å²) in [5.41, 5.74) is 4.37. The first-order valence-corrected chi connectivity index (χ1v) is 8.80.